The highest BCUT2D eigenvalue weighted by Crippen LogP contribution is 2.26. The summed E-state index contributed by atoms with van der Waals surface area (Å²) in [7, 11) is 1.94. The van der Waals surface area contributed by atoms with E-state index in [9.17, 15) is 4.79 Å². The van der Waals surface area contributed by atoms with E-state index in [2.05, 4.69) is 9.97 Å². The van der Waals surface area contributed by atoms with Gasteiger partial charge in [0.25, 0.3) is 0 Å². The SMILES string of the molecule is Cn1ccc2c(-c3cc(C(N)=O)ccn3)ccnc21. The summed E-state index contributed by atoms with van der Waals surface area (Å²) in [5.74, 6) is -0.456. The molecule has 0 atom stereocenters. The Morgan fingerprint density at radius 1 is 1.21 bits per heavy atom. The maximum Gasteiger partial charge on any atom is 0.248 e. The van der Waals surface area contributed by atoms with E-state index in [0.717, 1.165) is 22.3 Å². The fraction of sp³-hybridized carbons (Fsp3) is 0.0714. The van der Waals surface area contributed by atoms with E-state index >= 15 is 0 Å². The molecule has 94 valence electrons. The number of hydrogen-bond acceptors (Lipinski definition) is 3. The number of amides is 1. The Hall–Kier alpha value is -2.69. The van der Waals surface area contributed by atoms with Crippen LogP contribution in [0.25, 0.3) is 22.3 Å². The molecule has 0 saturated carbocycles. The molecule has 1 amide bonds. The number of fused-ring (bicyclic) bond motifs is 1. The summed E-state index contributed by atoms with van der Waals surface area (Å²) in [6.07, 6.45) is 5.26. The van der Waals surface area contributed by atoms with Gasteiger partial charge in [-0.3, -0.25) is 9.78 Å². The number of pyridine rings is 2. The second kappa shape index (κ2) is 4.20. The van der Waals surface area contributed by atoms with E-state index in [1.807, 2.05) is 29.9 Å². The topological polar surface area (TPSA) is 73.8 Å². The molecule has 0 unspecified atom stereocenters. The second-order valence-electron chi connectivity index (χ2n) is 4.32. The van der Waals surface area contributed by atoms with Crippen LogP contribution >= 0.6 is 0 Å². The Morgan fingerprint density at radius 3 is 2.79 bits per heavy atom. The Balaban J connectivity index is 2.24. The first-order valence-electron chi connectivity index (χ1n) is 5.83. The van der Waals surface area contributed by atoms with Crippen LogP contribution in [-0.4, -0.2) is 20.4 Å². The minimum atomic E-state index is -0.456. The monoisotopic (exact) mass is 252 g/mol. The van der Waals surface area contributed by atoms with Gasteiger partial charge in [0.15, 0.2) is 0 Å². The van der Waals surface area contributed by atoms with Gasteiger partial charge >= 0.3 is 0 Å². The van der Waals surface area contributed by atoms with Crippen molar-refractivity contribution in [1.29, 1.82) is 0 Å². The Bertz CT molecular complexity index is 776. The van der Waals surface area contributed by atoms with Gasteiger partial charge in [0.2, 0.25) is 5.91 Å². The van der Waals surface area contributed by atoms with Crippen LogP contribution in [0.2, 0.25) is 0 Å². The van der Waals surface area contributed by atoms with Crippen molar-refractivity contribution in [3.05, 3.63) is 48.4 Å². The van der Waals surface area contributed by atoms with Gasteiger partial charge in [0.1, 0.15) is 5.65 Å². The highest BCUT2D eigenvalue weighted by molar-refractivity contribution is 5.96. The number of hydrogen-bond donors (Lipinski definition) is 1. The van der Waals surface area contributed by atoms with E-state index in [4.69, 9.17) is 5.73 Å². The van der Waals surface area contributed by atoms with Crippen LogP contribution in [0.4, 0.5) is 0 Å². The highest BCUT2D eigenvalue weighted by atomic mass is 16.1. The molecule has 0 spiro atoms. The first kappa shape index (κ1) is 11.4. The summed E-state index contributed by atoms with van der Waals surface area (Å²) in [6, 6.07) is 7.17. The molecule has 0 aliphatic heterocycles. The average molecular weight is 252 g/mol. The summed E-state index contributed by atoms with van der Waals surface area (Å²) in [5, 5.41) is 0.999. The molecule has 5 heteroatoms. The fourth-order valence-corrected chi connectivity index (χ4v) is 2.12. The van der Waals surface area contributed by atoms with Gasteiger partial charge in [-0.2, -0.15) is 0 Å². The van der Waals surface area contributed by atoms with Crippen molar-refractivity contribution in [3.63, 3.8) is 0 Å². The van der Waals surface area contributed by atoms with Gasteiger partial charge in [-0.15, -0.1) is 0 Å². The van der Waals surface area contributed by atoms with Crippen LogP contribution in [-0.2, 0) is 7.05 Å². The van der Waals surface area contributed by atoms with E-state index in [-0.39, 0.29) is 0 Å². The molecule has 3 aromatic heterocycles. The largest absolute Gasteiger partial charge is 0.366 e. The van der Waals surface area contributed by atoms with Crippen LogP contribution in [0.5, 0.6) is 0 Å². The number of nitrogens with zero attached hydrogens (tertiary/aromatic N) is 3. The Labute approximate surface area is 109 Å². The molecular weight excluding hydrogens is 240 g/mol. The standard InChI is InChI=1S/C14H12N4O/c1-18-7-4-11-10(3-6-17-14(11)18)12-8-9(13(15)19)2-5-16-12/h2-8H,1H3,(H2,15,19). The first-order chi connectivity index (χ1) is 9.16. The predicted octanol–water partition coefficient (Wildman–Crippen LogP) is 1.73. The van der Waals surface area contributed by atoms with Gasteiger partial charge in [0.05, 0.1) is 5.69 Å². The molecule has 3 rings (SSSR count). The lowest BCUT2D eigenvalue weighted by molar-refractivity contribution is 0.1000. The number of aryl methyl sites for hydroxylation is 1. The van der Waals surface area contributed by atoms with Crippen molar-refractivity contribution in [2.24, 2.45) is 12.8 Å². The number of carbonyl (C=O) groups is 1. The maximum absolute atomic E-state index is 11.2. The zero-order valence-corrected chi connectivity index (χ0v) is 10.4. The zero-order chi connectivity index (χ0) is 13.4. The molecule has 3 heterocycles. The Kier molecular flexibility index (Phi) is 2.52. The minimum Gasteiger partial charge on any atom is -0.366 e. The molecule has 19 heavy (non-hydrogen) atoms. The highest BCUT2D eigenvalue weighted by Gasteiger charge is 2.10. The van der Waals surface area contributed by atoms with Gasteiger partial charge in [-0.1, -0.05) is 0 Å². The van der Waals surface area contributed by atoms with Crippen molar-refractivity contribution in [2.45, 2.75) is 0 Å². The fourth-order valence-electron chi connectivity index (χ4n) is 2.12. The van der Waals surface area contributed by atoms with Crippen molar-refractivity contribution in [3.8, 4) is 11.3 Å². The zero-order valence-electron chi connectivity index (χ0n) is 10.4. The summed E-state index contributed by atoms with van der Waals surface area (Å²) in [6.45, 7) is 0. The molecule has 0 saturated heterocycles. The maximum atomic E-state index is 11.2. The van der Waals surface area contributed by atoms with E-state index in [1.165, 1.54) is 0 Å². The lowest BCUT2D eigenvalue weighted by Crippen LogP contribution is -2.11. The smallest absolute Gasteiger partial charge is 0.248 e. The van der Waals surface area contributed by atoms with E-state index in [0.29, 0.717) is 5.56 Å². The molecular formula is C14H12N4O. The quantitative estimate of drug-likeness (QED) is 0.754. The van der Waals surface area contributed by atoms with E-state index in [1.54, 1.807) is 24.5 Å². The summed E-state index contributed by atoms with van der Waals surface area (Å²) >= 11 is 0. The first-order valence-corrected chi connectivity index (χ1v) is 5.83. The van der Waals surface area contributed by atoms with Crippen LogP contribution in [0.1, 0.15) is 10.4 Å². The van der Waals surface area contributed by atoms with Gasteiger partial charge in [0, 0.05) is 42.2 Å². The molecule has 0 aliphatic rings. The van der Waals surface area contributed by atoms with Crippen LogP contribution in [0, 0.1) is 0 Å². The van der Waals surface area contributed by atoms with Crippen molar-refractivity contribution < 1.29 is 4.79 Å². The van der Waals surface area contributed by atoms with Crippen LogP contribution in [0.15, 0.2) is 42.9 Å². The molecule has 0 aliphatic carbocycles. The van der Waals surface area contributed by atoms with Gasteiger partial charge in [-0.05, 0) is 24.3 Å². The third kappa shape index (κ3) is 1.85. The molecule has 0 fully saturated rings. The third-order valence-electron chi connectivity index (χ3n) is 3.09. The molecule has 3 aromatic rings. The number of nitrogens with two attached hydrogens (primary N) is 1. The molecule has 0 aromatic carbocycles. The predicted molar refractivity (Wildman–Crippen MR) is 72.5 cm³/mol. The van der Waals surface area contributed by atoms with Gasteiger partial charge < -0.3 is 10.3 Å². The second-order valence-corrected chi connectivity index (χ2v) is 4.32. The number of primary amides is 1. The van der Waals surface area contributed by atoms with Crippen LogP contribution < -0.4 is 5.73 Å². The normalized spacial score (nSPS) is 10.8. The third-order valence-corrected chi connectivity index (χ3v) is 3.09. The summed E-state index contributed by atoms with van der Waals surface area (Å²) < 4.78 is 1.94. The average Bonchev–Trinajstić information content (AvgIpc) is 2.81. The molecule has 2 N–H and O–H groups in total. The number of aromatic nitrogens is 3. The number of carbonyl (C=O) groups excluding carboxylic acids is 1. The molecule has 5 nitrogen and oxygen atoms in total. The van der Waals surface area contributed by atoms with Crippen molar-refractivity contribution in [1.82, 2.24) is 14.5 Å². The van der Waals surface area contributed by atoms with Crippen molar-refractivity contribution in [2.75, 3.05) is 0 Å². The lowest BCUT2D eigenvalue weighted by Gasteiger charge is -2.04. The Morgan fingerprint density at radius 2 is 2.00 bits per heavy atom. The molecule has 0 radical (unpaired) electrons. The van der Waals surface area contributed by atoms with E-state index < -0.39 is 5.91 Å². The lowest BCUT2D eigenvalue weighted by atomic mass is 10.1. The van der Waals surface area contributed by atoms with Gasteiger partial charge in [-0.25, -0.2) is 4.98 Å². The van der Waals surface area contributed by atoms with Crippen molar-refractivity contribution >= 4 is 16.9 Å². The summed E-state index contributed by atoms with van der Waals surface area (Å²) in [4.78, 5) is 19.9. The van der Waals surface area contributed by atoms with Crippen LogP contribution in [0.3, 0.4) is 0 Å². The number of rotatable bonds is 2. The molecule has 0 bridgehead atoms. The minimum absolute atomic E-state index is 0.450. The summed E-state index contributed by atoms with van der Waals surface area (Å²) in [5.41, 5.74) is 8.28.